The molecule has 4 aromatic carbocycles. The third-order valence-corrected chi connectivity index (χ3v) is 6.00. The summed E-state index contributed by atoms with van der Waals surface area (Å²) in [5, 5.41) is 7.38. The molecule has 30 heavy (non-hydrogen) atoms. The first kappa shape index (κ1) is 16.8. The number of ketones is 3. The number of carbonyl (C=O) groups excluding carboxylic acids is 3. The van der Waals surface area contributed by atoms with Gasteiger partial charge in [0.15, 0.2) is 0 Å². The lowest BCUT2D eigenvalue weighted by atomic mass is 9.90. The van der Waals surface area contributed by atoms with Crippen LogP contribution in [0.25, 0.3) is 0 Å². The van der Waals surface area contributed by atoms with Crippen LogP contribution in [0.2, 0.25) is 0 Å². The first-order chi connectivity index (χ1) is 14.7. The van der Waals surface area contributed by atoms with Gasteiger partial charge in [0, 0.05) is 21.6 Å². The minimum Gasteiger partial charge on any atom is -0.285 e. The summed E-state index contributed by atoms with van der Waals surface area (Å²) in [7, 11) is 0. The SMILES string of the molecule is O=C(C(=O)c1cccc2c1=c1ccccc1=2)C(=O)c1cccc2c1=c1ccccc1=2. The predicted molar refractivity (Wildman–Crippen MR) is 110 cm³/mol. The van der Waals surface area contributed by atoms with Crippen molar-refractivity contribution in [3.05, 3.63) is 138 Å². The van der Waals surface area contributed by atoms with Gasteiger partial charge in [-0.2, -0.15) is 0 Å². The molecule has 0 amide bonds. The number of benzene rings is 4. The van der Waals surface area contributed by atoms with Crippen molar-refractivity contribution >= 4 is 17.3 Å². The first-order valence-electron chi connectivity index (χ1n) is 9.76. The van der Waals surface area contributed by atoms with E-state index in [4.69, 9.17) is 0 Å². The third-order valence-electron chi connectivity index (χ3n) is 6.00. The van der Waals surface area contributed by atoms with Crippen molar-refractivity contribution in [1.82, 2.24) is 0 Å². The zero-order chi connectivity index (χ0) is 20.4. The Hall–Kier alpha value is -4.11. The normalized spacial score (nSPS) is 11.7. The summed E-state index contributed by atoms with van der Waals surface area (Å²) in [5.41, 5.74) is 0.583. The van der Waals surface area contributed by atoms with Crippen molar-refractivity contribution in [3.8, 4) is 0 Å². The van der Waals surface area contributed by atoms with Crippen LogP contribution in [0, 0.1) is 41.7 Å². The second-order valence-electron chi connectivity index (χ2n) is 7.53. The van der Waals surface area contributed by atoms with Crippen molar-refractivity contribution < 1.29 is 14.4 Å². The highest BCUT2D eigenvalue weighted by atomic mass is 16.2. The van der Waals surface area contributed by atoms with Crippen molar-refractivity contribution in [1.29, 1.82) is 0 Å². The van der Waals surface area contributed by atoms with Crippen LogP contribution in [0.1, 0.15) is 20.7 Å². The van der Waals surface area contributed by atoms with Crippen molar-refractivity contribution in [3.63, 3.8) is 0 Å². The van der Waals surface area contributed by atoms with Gasteiger partial charge in [0.05, 0.1) is 0 Å². The fourth-order valence-electron chi connectivity index (χ4n) is 4.61. The molecule has 2 aliphatic carbocycles. The van der Waals surface area contributed by atoms with Gasteiger partial charge in [0.25, 0.3) is 5.78 Å². The molecule has 0 aliphatic heterocycles. The second kappa shape index (κ2) is 5.94. The molecule has 0 bridgehead atoms. The zero-order valence-corrected chi connectivity index (χ0v) is 15.8. The quantitative estimate of drug-likeness (QED) is 0.260. The largest absolute Gasteiger partial charge is 0.285 e. The van der Waals surface area contributed by atoms with Crippen LogP contribution in [-0.4, -0.2) is 17.3 Å². The maximum Gasteiger partial charge on any atom is 0.273 e. The summed E-state index contributed by atoms with van der Waals surface area (Å²) >= 11 is 0. The number of hydrogen-bond donors (Lipinski definition) is 0. The Balaban J connectivity index is 1.49. The molecule has 3 heteroatoms. The van der Waals surface area contributed by atoms with Gasteiger partial charge in [0.1, 0.15) is 0 Å². The fraction of sp³-hybridized carbons (Fsp3) is 0. The Morgan fingerprint density at radius 1 is 0.400 bits per heavy atom. The van der Waals surface area contributed by atoms with Crippen LogP contribution in [0.15, 0.2) is 84.9 Å². The number of carbonyl (C=O) groups is 3. The van der Waals surface area contributed by atoms with E-state index in [1.807, 2.05) is 60.7 Å². The lowest BCUT2D eigenvalue weighted by molar-refractivity contribution is -0.111. The molecule has 0 radical (unpaired) electrons. The van der Waals surface area contributed by atoms with E-state index in [0.29, 0.717) is 11.1 Å². The highest BCUT2D eigenvalue weighted by molar-refractivity contribution is 6.69. The average Bonchev–Trinajstić information content (AvgIpc) is 2.78. The monoisotopic (exact) mass is 386 g/mol. The van der Waals surface area contributed by atoms with Gasteiger partial charge in [-0.05, 0) is 31.3 Å². The lowest BCUT2D eigenvalue weighted by Crippen LogP contribution is -2.26. The van der Waals surface area contributed by atoms with E-state index >= 15 is 0 Å². The molecule has 0 N–H and O–H groups in total. The van der Waals surface area contributed by atoms with E-state index in [0.717, 1.165) is 41.7 Å². The Kier molecular flexibility index (Phi) is 3.33. The minimum absolute atomic E-state index is 0.291. The molecule has 0 saturated carbocycles. The molecule has 0 aromatic heterocycles. The van der Waals surface area contributed by atoms with Gasteiger partial charge in [0.2, 0.25) is 11.6 Å². The van der Waals surface area contributed by atoms with Crippen LogP contribution in [0.4, 0.5) is 0 Å². The summed E-state index contributed by atoms with van der Waals surface area (Å²) < 4.78 is 0. The molecule has 2 aliphatic rings. The first-order valence-corrected chi connectivity index (χ1v) is 9.76. The Morgan fingerprint density at radius 2 is 0.767 bits per heavy atom. The summed E-state index contributed by atoms with van der Waals surface area (Å²) in [6.07, 6.45) is 0. The van der Waals surface area contributed by atoms with Crippen LogP contribution in [0.3, 0.4) is 0 Å². The number of hydrogen-bond acceptors (Lipinski definition) is 3. The number of rotatable bonds is 4. The van der Waals surface area contributed by atoms with Crippen LogP contribution >= 0.6 is 0 Å². The van der Waals surface area contributed by atoms with Gasteiger partial charge in [-0.1, -0.05) is 84.9 Å². The topological polar surface area (TPSA) is 51.2 Å². The second-order valence-corrected chi connectivity index (χ2v) is 7.53. The van der Waals surface area contributed by atoms with Crippen molar-refractivity contribution in [2.75, 3.05) is 0 Å². The van der Waals surface area contributed by atoms with Gasteiger partial charge >= 0.3 is 0 Å². The minimum atomic E-state index is -0.995. The van der Waals surface area contributed by atoms with Gasteiger partial charge in [-0.3, -0.25) is 14.4 Å². The molecular weight excluding hydrogens is 372 g/mol. The summed E-state index contributed by atoms with van der Waals surface area (Å²) in [6, 6.07) is 26.1. The third kappa shape index (κ3) is 2.06. The number of fused-ring (bicyclic) bond motifs is 4. The molecule has 0 fully saturated rings. The maximum absolute atomic E-state index is 13.1. The summed E-state index contributed by atoms with van der Waals surface area (Å²) in [6.45, 7) is 0. The van der Waals surface area contributed by atoms with Gasteiger partial charge in [-0.15, -0.1) is 0 Å². The highest BCUT2D eigenvalue weighted by Crippen LogP contribution is 2.20. The Morgan fingerprint density at radius 3 is 1.20 bits per heavy atom. The van der Waals surface area contributed by atoms with E-state index in [9.17, 15) is 14.4 Å². The lowest BCUT2D eigenvalue weighted by Gasteiger charge is -2.10. The summed E-state index contributed by atoms with van der Waals surface area (Å²) in [5.74, 6) is -2.50. The molecule has 0 saturated heterocycles. The van der Waals surface area contributed by atoms with E-state index in [1.54, 1.807) is 24.3 Å². The maximum atomic E-state index is 13.1. The van der Waals surface area contributed by atoms with E-state index in [-0.39, 0.29) is 0 Å². The van der Waals surface area contributed by atoms with Crippen molar-refractivity contribution in [2.45, 2.75) is 0 Å². The van der Waals surface area contributed by atoms with Crippen LogP contribution in [-0.2, 0) is 4.79 Å². The Labute approximate surface area is 169 Å². The van der Waals surface area contributed by atoms with E-state index in [2.05, 4.69) is 0 Å². The molecule has 0 heterocycles. The van der Waals surface area contributed by atoms with Crippen molar-refractivity contribution in [2.24, 2.45) is 0 Å². The highest BCUT2D eigenvalue weighted by Gasteiger charge is 2.28. The van der Waals surface area contributed by atoms with Crippen LogP contribution < -0.4 is 0 Å². The molecule has 140 valence electrons. The molecule has 6 rings (SSSR count). The standard InChI is InChI=1S/C27H14O3/c28-25(21-13-5-11-19-15-7-1-3-9-17(15)23(19)21)27(30)26(29)22-14-6-12-20-16-8-2-4-10-18(16)24(20)22/h1-14H. The van der Waals surface area contributed by atoms with E-state index in [1.165, 1.54) is 0 Å². The fourth-order valence-corrected chi connectivity index (χ4v) is 4.61. The molecule has 0 spiro atoms. The van der Waals surface area contributed by atoms with Gasteiger partial charge < -0.3 is 0 Å². The predicted octanol–water partition coefficient (Wildman–Crippen LogP) is 4.10. The molecular formula is C27H14O3. The Bertz CT molecular complexity index is 1710. The smallest absolute Gasteiger partial charge is 0.273 e. The van der Waals surface area contributed by atoms with Gasteiger partial charge in [-0.25, -0.2) is 0 Å². The average molecular weight is 386 g/mol. The summed E-state index contributed by atoms with van der Waals surface area (Å²) in [4.78, 5) is 39.1. The molecule has 4 aromatic rings. The molecule has 0 atom stereocenters. The zero-order valence-electron chi connectivity index (χ0n) is 15.8. The molecule has 0 unspecified atom stereocenters. The number of Topliss-reactive ketones (excluding diaryl/α,β-unsaturated/α-hetero) is 3. The van der Waals surface area contributed by atoms with Crippen LogP contribution in [0.5, 0.6) is 0 Å². The molecule has 3 nitrogen and oxygen atoms in total. The van der Waals surface area contributed by atoms with E-state index < -0.39 is 17.3 Å².